The molecule has 0 aliphatic carbocycles. The normalized spacial score (nSPS) is 31.7. The van der Waals surface area contributed by atoms with E-state index in [2.05, 4.69) is 0 Å². The molecule has 1 heterocycles. The summed E-state index contributed by atoms with van der Waals surface area (Å²) in [6.45, 7) is 2.03. The second kappa shape index (κ2) is 2.80. The summed E-state index contributed by atoms with van der Waals surface area (Å²) in [5.41, 5.74) is -1.04. The predicted octanol–water partition coefficient (Wildman–Crippen LogP) is 1.09. The fourth-order valence-electron chi connectivity index (χ4n) is 1.32. The van der Waals surface area contributed by atoms with Crippen molar-refractivity contribution in [2.24, 2.45) is 0 Å². The van der Waals surface area contributed by atoms with Crippen LogP contribution in [0.2, 0.25) is 0 Å². The Balaban J connectivity index is 2.93. The van der Waals surface area contributed by atoms with Crippen molar-refractivity contribution >= 4 is 17.6 Å². The van der Waals surface area contributed by atoms with E-state index in [1.54, 1.807) is 0 Å². The van der Waals surface area contributed by atoms with E-state index >= 15 is 0 Å². The quantitative estimate of drug-likeness (QED) is 0.556. The molecule has 0 N–H and O–H groups in total. The number of carbonyl (C=O) groups is 1. The highest BCUT2D eigenvalue weighted by atomic mass is 35.5. The van der Waals surface area contributed by atoms with Gasteiger partial charge < -0.3 is 0 Å². The third-order valence-corrected chi connectivity index (χ3v) is 2.53. The number of nitriles is 1. The summed E-state index contributed by atoms with van der Waals surface area (Å²) in [5, 5.41) is 8.76. The number of hydrogen-bond donors (Lipinski definition) is 0. The van der Waals surface area contributed by atoms with E-state index in [0.717, 1.165) is 6.42 Å². The average molecular weight is 173 g/mol. The Morgan fingerprint density at radius 3 is 2.64 bits per heavy atom. The number of nitrogens with zero attached hydrogens (tertiary/aromatic N) is 2. The molecule has 1 saturated heterocycles. The molecule has 0 saturated carbocycles. The molecular formula is C7H9ClN2O. The van der Waals surface area contributed by atoms with Crippen LogP contribution in [0.15, 0.2) is 0 Å². The number of ketones is 1. The van der Waals surface area contributed by atoms with E-state index in [1.807, 2.05) is 6.07 Å². The largest absolute Gasteiger partial charge is 0.297 e. The van der Waals surface area contributed by atoms with Crippen molar-refractivity contribution in [2.75, 3.05) is 6.54 Å². The zero-order valence-corrected chi connectivity index (χ0v) is 7.06. The van der Waals surface area contributed by atoms with Gasteiger partial charge in [-0.3, -0.25) is 4.79 Å². The standard InChI is InChI=1S/C7H9ClN2O/c1-6(11)7(5-9)3-2-4-10(7)8/h2-4H2,1H3. The maximum absolute atomic E-state index is 11.1. The molecule has 1 fully saturated rings. The molecule has 0 spiro atoms. The molecular weight excluding hydrogens is 164 g/mol. The van der Waals surface area contributed by atoms with E-state index in [0.29, 0.717) is 13.0 Å². The van der Waals surface area contributed by atoms with Crippen LogP contribution in [0.25, 0.3) is 0 Å². The summed E-state index contributed by atoms with van der Waals surface area (Å²) < 4.78 is 1.31. The fourth-order valence-corrected chi connectivity index (χ4v) is 1.68. The number of carbonyl (C=O) groups excluding carboxylic acids is 1. The average Bonchev–Trinajstić information content (AvgIpc) is 2.32. The smallest absolute Gasteiger partial charge is 0.180 e. The van der Waals surface area contributed by atoms with Crippen LogP contribution in [-0.2, 0) is 4.79 Å². The molecule has 4 heteroatoms. The Labute approximate surface area is 70.7 Å². The number of Topliss-reactive ketones (excluding diaryl/α,β-unsaturated/α-hetero) is 1. The van der Waals surface area contributed by atoms with Crippen molar-refractivity contribution in [3.05, 3.63) is 0 Å². The third kappa shape index (κ3) is 1.13. The molecule has 1 aliphatic rings. The van der Waals surface area contributed by atoms with Crippen LogP contribution in [0, 0.1) is 11.3 Å². The van der Waals surface area contributed by atoms with Gasteiger partial charge in [-0.1, -0.05) is 0 Å². The molecule has 3 nitrogen and oxygen atoms in total. The van der Waals surface area contributed by atoms with Crippen molar-refractivity contribution in [2.45, 2.75) is 25.3 Å². The molecule has 0 amide bonds. The summed E-state index contributed by atoms with van der Waals surface area (Å²) in [6, 6.07) is 1.97. The maximum Gasteiger partial charge on any atom is 0.180 e. The first-order chi connectivity index (χ1) is 5.13. The van der Waals surface area contributed by atoms with Crippen LogP contribution in [0.4, 0.5) is 0 Å². The van der Waals surface area contributed by atoms with Gasteiger partial charge in [0.15, 0.2) is 11.3 Å². The Bertz CT molecular complexity index is 223. The number of rotatable bonds is 1. The minimum Gasteiger partial charge on any atom is -0.297 e. The predicted molar refractivity (Wildman–Crippen MR) is 40.8 cm³/mol. The first-order valence-corrected chi connectivity index (χ1v) is 3.83. The lowest BCUT2D eigenvalue weighted by Crippen LogP contribution is -2.43. The van der Waals surface area contributed by atoms with Gasteiger partial charge in [-0.2, -0.15) is 9.68 Å². The fraction of sp³-hybridized carbons (Fsp3) is 0.714. The monoisotopic (exact) mass is 172 g/mol. The molecule has 0 bridgehead atoms. The van der Waals surface area contributed by atoms with Crippen molar-refractivity contribution in [3.63, 3.8) is 0 Å². The summed E-state index contributed by atoms with van der Waals surface area (Å²) in [5.74, 6) is -0.160. The second-order valence-electron chi connectivity index (χ2n) is 2.72. The van der Waals surface area contributed by atoms with Crippen molar-refractivity contribution in [1.82, 2.24) is 4.42 Å². The Kier molecular flexibility index (Phi) is 2.17. The van der Waals surface area contributed by atoms with Gasteiger partial charge in [0, 0.05) is 6.54 Å². The van der Waals surface area contributed by atoms with Gasteiger partial charge in [0.1, 0.15) is 0 Å². The summed E-state index contributed by atoms with van der Waals surface area (Å²) >= 11 is 5.72. The first-order valence-electron chi connectivity index (χ1n) is 3.49. The SMILES string of the molecule is CC(=O)C1(C#N)CCCN1Cl. The van der Waals surface area contributed by atoms with Crippen molar-refractivity contribution in [1.29, 1.82) is 5.26 Å². The molecule has 1 aliphatic heterocycles. The van der Waals surface area contributed by atoms with E-state index in [1.165, 1.54) is 11.3 Å². The highest BCUT2D eigenvalue weighted by Gasteiger charge is 2.45. The molecule has 0 radical (unpaired) electrons. The number of halogens is 1. The van der Waals surface area contributed by atoms with E-state index in [-0.39, 0.29) is 5.78 Å². The van der Waals surface area contributed by atoms with Crippen LogP contribution in [-0.4, -0.2) is 22.3 Å². The Morgan fingerprint density at radius 1 is 1.82 bits per heavy atom. The van der Waals surface area contributed by atoms with Gasteiger partial charge in [0.25, 0.3) is 0 Å². The molecule has 1 unspecified atom stereocenters. The topological polar surface area (TPSA) is 44.1 Å². The van der Waals surface area contributed by atoms with Gasteiger partial charge in [0.2, 0.25) is 0 Å². The lowest BCUT2D eigenvalue weighted by molar-refractivity contribution is -0.122. The molecule has 0 aromatic rings. The van der Waals surface area contributed by atoms with Gasteiger partial charge in [-0.25, -0.2) is 0 Å². The molecule has 11 heavy (non-hydrogen) atoms. The molecule has 0 aromatic heterocycles. The third-order valence-electron chi connectivity index (χ3n) is 2.07. The van der Waals surface area contributed by atoms with Gasteiger partial charge >= 0.3 is 0 Å². The number of hydrogen-bond acceptors (Lipinski definition) is 3. The van der Waals surface area contributed by atoms with Crippen LogP contribution in [0.1, 0.15) is 19.8 Å². The maximum atomic E-state index is 11.1. The van der Waals surface area contributed by atoms with Gasteiger partial charge in [-0.05, 0) is 31.5 Å². The molecule has 1 rings (SSSR count). The highest BCUT2D eigenvalue weighted by Crippen LogP contribution is 2.31. The zero-order chi connectivity index (χ0) is 8.48. The summed E-state index contributed by atoms with van der Waals surface area (Å²) in [7, 11) is 0. The second-order valence-corrected chi connectivity index (χ2v) is 3.13. The summed E-state index contributed by atoms with van der Waals surface area (Å²) in [6.07, 6.45) is 1.37. The lowest BCUT2D eigenvalue weighted by atomic mass is 9.95. The minimum atomic E-state index is -1.04. The van der Waals surface area contributed by atoms with Crippen LogP contribution >= 0.6 is 11.8 Å². The minimum absolute atomic E-state index is 0.160. The van der Waals surface area contributed by atoms with Crippen LogP contribution in [0.3, 0.4) is 0 Å². The Hall–Kier alpha value is -0.590. The van der Waals surface area contributed by atoms with Crippen LogP contribution in [0.5, 0.6) is 0 Å². The van der Waals surface area contributed by atoms with Crippen molar-refractivity contribution < 1.29 is 4.79 Å². The van der Waals surface area contributed by atoms with E-state index in [9.17, 15) is 4.79 Å². The zero-order valence-electron chi connectivity index (χ0n) is 6.30. The van der Waals surface area contributed by atoms with Gasteiger partial charge in [-0.15, -0.1) is 0 Å². The van der Waals surface area contributed by atoms with Gasteiger partial charge in [0.05, 0.1) is 6.07 Å². The molecule has 0 aromatic carbocycles. The Morgan fingerprint density at radius 2 is 2.45 bits per heavy atom. The lowest BCUT2D eigenvalue weighted by Gasteiger charge is -2.22. The molecule has 60 valence electrons. The van der Waals surface area contributed by atoms with Crippen LogP contribution < -0.4 is 0 Å². The molecule has 1 atom stereocenters. The van der Waals surface area contributed by atoms with E-state index in [4.69, 9.17) is 17.0 Å². The summed E-state index contributed by atoms with van der Waals surface area (Å²) in [4.78, 5) is 11.1. The van der Waals surface area contributed by atoms with Crippen molar-refractivity contribution in [3.8, 4) is 6.07 Å². The first kappa shape index (κ1) is 8.51. The highest BCUT2D eigenvalue weighted by molar-refractivity contribution is 6.16. The van der Waals surface area contributed by atoms with E-state index < -0.39 is 5.54 Å².